The van der Waals surface area contributed by atoms with Crippen molar-refractivity contribution in [1.82, 2.24) is 9.78 Å². The highest BCUT2D eigenvalue weighted by Gasteiger charge is 2.13. The van der Waals surface area contributed by atoms with E-state index in [1.165, 1.54) is 6.20 Å². The summed E-state index contributed by atoms with van der Waals surface area (Å²) in [4.78, 5) is 12.0. The molecule has 0 aliphatic heterocycles. The molecule has 0 fully saturated rings. The Morgan fingerprint density at radius 2 is 1.76 bits per heavy atom. The van der Waals surface area contributed by atoms with Gasteiger partial charge in [0, 0.05) is 0 Å². The van der Waals surface area contributed by atoms with E-state index < -0.39 is 0 Å². The van der Waals surface area contributed by atoms with Crippen molar-refractivity contribution in [3.8, 4) is 5.69 Å². The fourth-order valence-corrected chi connectivity index (χ4v) is 2.35. The summed E-state index contributed by atoms with van der Waals surface area (Å²) < 4.78 is 2.09. The van der Waals surface area contributed by atoms with Crippen LogP contribution < -0.4 is 5.56 Å². The van der Waals surface area contributed by atoms with Crippen molar-refractivity contribution in [2.45, 2.75) is 0 Å². The minimum absolute atomic E-state index is 0.339. The highest BCUT2D eigenvalue weighted by atomic mass is 79.9. The molecular weight excluding hydrogens is 395 g/mol. The number of hydrogen-bond donors (Lipinski definition) is 0. The van der Waals surface area contributed by atoms with Gasteiger partial charge in [0.25, 0.3) is 5.56 Å². The number of rotatable bonds is 1. The SMILES string of the molecule is O=c1c(Br)c(Br)cnn1-c1c(Cl)cccc1Cl. The Morgan fingerprint density at radius 1 is 1.18 bits per heavy atom. The van der Waals surface area contributed by atoms with E-state index in [1.807, 2.05) is 0 Å². The third-order valence-electron chi connectivity index (χ3n) is 2.03. The topological polar surface area (TPSA) is 34.9 Å². The molecule has 1 heterocycles. The molecule has 0 atom stereocenters. The average Bonchev–Trinajstić information content (AvgIpc) is 2.29. The molecule has 0 N–H and O–H groups in total. The predicted molar refractivity (Wildman–Crippen MR) is 75.3 cm³/mol. The molecule has 0 aliphatic carbocycles. The number of para-hydroxylation sites is 1. The molecule has 0 spiro atoms. The van der Waals surface area contributed by atoms with Crippen LogP contribution >= 0.6 is 55.1 Å². The maximum atomic E-state index is 12.0. The van der Waals surface area contributed by atoms with Gasteiger partial charge < -0.3 is 0 Å². The fourth-order valence-electron chi connectivity index (χ4n) is 1.26. The molecule has 0 saturated carbocycles. The lowest BCUT2D eigenvalue weighted by molar-refractivity contribution is 0.796. The van der Waals surface area contributed by atoms with Crippen LogP contribution in [0.5, 0.6) is 0 Å². The minimum Gasteiger partial charge on any atom is -0.266 e. The molecule has 17 heavy (non-hydrogen) atoms. The van der Waals surface area contributed by atoms with Gasteiger partial charge in [0.15, 0.2) is 0 Å². The number of hydrogen-bond acceptors (Lipinski definition) is 2. The van der Waals surface area contributed by atoms with Gasteiger partial charge in [0.05, 0.1) is 20.7 Å². The smallest absolute Gasteiger partial charge is 0.266 e. The maximum Gasteiger partial charge on any atom is 0.287 e. The van der Waals surface area contributed by atoms with Gasteiger partial charge in [-0.25, -0.2) is 0 Å². The molecule has 2 aromatic rings. The molecule has 0 aliphatic rings. The van der Waals surface area contributed by atoms with Crippen molar-refractivity contribution in [2.24, 2.45) is 0 Å². The Balaban J connectivity index is 2.79. The Labute approximate surface area is 124 Å². The standard InChI is InChI=1S/C10H4Br2Cl2N2O/c11-5-4-15-16(10(17)8(5)12)9-6(13)2-1-3-7(9)14/h1-4H. The second-order valence-corrected chi connectivity index (χ2v) is 5.56. The van der Waals surface area contributed by atoms with Gasteiger partial charge in [0.2, 0.25) is 0 Å². The van der Waals surface area contributed by atoms with Gasteiger partial charge in [-0.05, 0) is 44.0 Å². The van der Waals surface area contributed by atoms with Gasteiger partial charge in [-0.1, -0.05) is 29.3 Å². The first-order valence-electron chi connectivity index (χ1n) is 4.40. The van der Waals surface area contributed by atoms with Crippen LogP contribution in [0.1, 0.15) is 0 Å². The Kier molecular flexibility index (Phi) is 3.92. The molecule has 1 aromatic heterocycles. The summed E-state index contributed by atoms with van der Waals surface area (Å²) in [6, 6.07) is 4.99. The minimum atomic E-state index is -0.339. The van der Waals surface area contributed by atoms with E-state index in [9.17, 15) is 4.79 Å². The lowest BCUT2D eigenvalue weighted by Gasteiger charge is -2.09. The molecule has 7 heteroatoms. The molecular formula is C10H4Br2Cl2N2O. The lowest BCUT2D eigenvalue weighted by Crippen LogP contribution is -2.22. The highest BCUT2D eigenvalue weighted by Crippen LogP contribution is 2.27. The van der Waals surface area contributed by atoms with Crippen molar-refractivity contribution in [3.05, 3.63) is 53.7 Å². The molecule has 0 saturated heterocycles. The van der Waals surface area contributed by atoms with Gasteiger partial charge >= 0.3 is 0 Å². The maximum absolute atomic E-state index is 12.0. The third-order valence-corrected chi connectivity index (χ3v) is 4.54. The van der Waals surface area contributed by atoms with Crippen molar-refractivity contribution >= 4 is 55.1 Å². The zero-order chi connectivity index (χ0) is 12.6. The van der Waals surface area contributed by atoms with Crippen LogP contribution in [0.3, 0.4) is 0 Å². The molecule has 0 unspecified atom stereocenters. The molecule has 1 aromatic carbocycles. The molecule has 0 bridgehead atoms. The largest absolute Gasteiger partial charge is 0.287 e. The predicted octanol–water partition coefficient (Wildman–Crippen LogP) is 4.06. The van der Waals surface area contributed by atoms with E-state index in [1.54, 1.807) is 18.2 Å². The van der Waals surface area contributed by atoms with Crippen LogP contribution in [-0.2, 0) is 0 Å². The summed E-state index contributed by atoms with van der Waals surface area (Å²) in [5.74, 6) is 0. The first kappa shape index (κ1) is 13.1. The summed E-state index contributed by atoms with van der Waals surface area (Å²) >= 11 is 18.4. The van der Waals surface area contributed by atoms with Crippen LogP contribution in [0.2, 0.25) is 10.0 Å². The lowest BCUT2D eigenvalue weighted by atomic mass is 10.3. The van der Waals surface area contributed by atoms with E-state index in [-0.39, 0.29) is 5.56 Å². The normalized spacial score (nSPS) is 10.6. The number of nitrogens with zero attached hydrogens (tertiary/aromatic N) is 2. The van der Waals surface area contributed by atoms with Gasteiger partial charge in [-0.15, -0.1) is 0 Å². The van der Waals surface area contributed by atoms with Crippen LogP contribution in [0.25, 0.3) is 5.69 Å². The monoisotopic (exact) mass is 396 g/mol. The van der Waals surface area contributed by atoms with Crippen molar-refractivity contribution in [2.75, 3.05) is 0 Å². The zero-order valence-electron chi connectivity index (χ0n) is 8.12. The number of aromatic nitrogens is 2. The summed E-state index contributed by atoms with van der Waals surface area (Å²) in [5, 5.41) is 4.71. The van der Waals surface area contributed by atoms with Crippen LogP contribution in [0.15, 0.2) is 38.1 Å². The van der Waals surface area contributed by atoms with Gasteiger partial charge in [-0.2, -0.15) is 9.78 Å². The summed E-state index contributed by atoms with van der Waals surface area (Å²) in [5.41, 5.74) is 0.0309. The molecule has 3 nitrogen and oxygen atoms in total. The fraction of sp³-hybridized carbons (Fsp3) is 0. The summed E-state index contributed by atoms with van der Waals surface area (Å²) in [6.07, 6.45) is 1.49. The van der Waals surface area contributed by atoms with Gasteiger partial charge in [0.1, 0.15) is 10.2 Å². The van der Waals surface area contributed by atoms with E-state index in [0.717, 1.165) is 4.68 Å². The van der Waals surface area contributed by atoms with Crippen molar-refractivity contribution in [1.29, 1.82) is 0 Å². The van der Waals surface area contributed by atoms with E-state index >= 15 is 0 Å². The van der Waals surface area contributed by atoms with Gasteiger partial charge in [-0.3, -0.25) is 4.79 Å². The molecule has 0 radical (unpaired) electrons. The quantitative estimate of drug-likeness (QED) is 0.726. The first-order chi connectivity index (χ1) is 8.02. The third kappa shape index (κ3) is 2.42. The Hall–Kier alpha value is -0.360. The molecule has 2 rings (SSSR count). The second kappa shape index (κ2) is 5.10. The van der Waals surface area contributed by atoms with E-state index in [0.29, 0.717) is 24.7 Å². The number of benzene rings is 1. The van der Waals surface area contributed by atoms with Crippen LogP contribution in [0.4, 0.5) is 0 Å². The molecule has 0 amide bonds. The number of halogens is 4. The van der Waals surface area contributed by atoms with Crippen LogP contribution in [0, 0.1) is 0 Å². The Bertz CT molecular complexity index is 622. The second-order valence-electron chi connectivity index (χ2n) is 3.09. The summed E-state index contributed by atoms with van der Waals surface area (Å²) in [7, 11) is 0. The Morgan fingerprint density at radius 3 is 2.35 bits per heavy atom. The zero-order valence-corrected chi connectivity index (χ0v) is 12.8. The van der Waals surface area contributed by atoms with Crippen LogP contribution in [-0.4, -0.2) is 9.78 Å². The molecule has 88 valence electrons. The van der Waals surface area contributed by atoms with E-state index in [2.05, 4.69) is 37.0 Å². The first-order valence-corrected chi connectivity index (χ1v) is 6.74. The highest BCUT2D eigenvalue weighted by molar-refractivity contribution is 9.13. The van der Waals surface area contributed by atoms with E-state index in [4.69, 9.17) is 23.2 Å². The summed E-state index contributed by atoms with van der Waals surface area (Å²) in [6.45, 7) is 0. The van der Waals surface area contributed by atoms with Crippen molar-refractivity contribution < 1.29 is 0 Å². The van der Waals surface area contributed by atoms with Crippen molar-refractivity contribution in [3.63, 3.8) is 0 Å². The average molecular weight is 399 g/mol.